The zero-order chi connectivity index (χ0) is 24.7. The molecule has 2 aromatic rings. The van der Waals surface area contributed by atoms with E-state index in [1.807, 2.05) is 19.2 Å². The summed E-state index contributed by atoms with van der Waals surface area (Å²) in [5, 5.41) is 26.8. The predicted octanol–water partition coefficient (Wildman–Crippen LogP) is 3.43. The molecule has 4 rings (SSSR count). The molecule has 0 radical (unpaired) electrons. The summed E-state index contributed by atoms with van der Waals surface area (Å²) in [5.41, 5.74) is 3.31. The first-order valence-corrected chi connectivity index (χ1v) is 12.0. The maximum absolute atomic E-state index is 13.3. The molecule has 4 N–H and O–H groups in total. The van der Waals surface area contributed by atoms with Gasteiger partial charge in [0, 0.05) is 30.5 Å². The number of aromatic hydroxyl groups is 1. The Morgan fingerprint density at radius 1 is 1.24 bits per heavy atom. The largest absolute Gasteiger partial charge is 0.504 e. The highest BCUT2D eigenvalue weighted by Gasteiger charge is 2.51. The van der Waals surface area contributed by atoms with Crippen LogP contribution in [0.4, 0.5) is 11.4 Å². The van der Waals surface area contributed by atoms with E-state index in [0.717, 1.165) is 36.2 Å². The van der Waals surface area contributed by atoms with Crippen LogP contribution < -0.4 is 20.3 Å². The van der Waals surface area contributed by atoms with E-state index in [0.29, 0.717) is 18.8 Å². The van der Waals surface area contributed by atoms with Crippen LogP contribution in [0.3, 0.4) is 0 Å². The van der Waals surface area contributed by atoms with E-state index in [9.17, 15) is 15.0 Å². The summed E-state index contributed by atoms with van der Waals surface area (Å²) in [4.78, 5) is 15.6. The topological polar surface area (TPSA) is 94.1 Å². The van der Waals surface area contributed by atoms with Crippen LogP contribution >= 0.6 is 0 Å². The molecule has 7 heteroatoms. The second-order valence-corrected chi connectivity index (χ2v) is 10.7. The predicted molar refractivity (Wildman–Crippen MR) is 135 cm³/mol. The minimum Gasteiger partial charge on any atom is -0.504 e. The van der Waals surface area contributed by atoms with Crippen LogP contribution in [0.15, 0.2) is 36.4 Å². The number of aliphatic hydroxyl groups is 1. The Kier molecular flexibility index (Phi) is 6.53. The molecule has 0 saturated heterocycles. The van der Waals surface area contributed by atoms with Gasteiger partial charge in [-0.05, 0) is 73.2 Å². The number of methoxy groups -OCH3 is 1. The molecule has 0 aromatic heterocycles. The number of amides is 1. The molecule has 0 bridgehead atoms. The summed E-state index contributed by atoms with van der Waals surface area (Å²) in [6.07, 6.45) is 1.90. The van der Waals surface area contributed by atoms with Crippen LogP contribution in [-0.2, 0) is 16.6 Å². The first-order chi connectivity index (χ1) is 16.1. The van der Waals surface area contributed by atoms with Crippen molar-refractivity contribution < 1.29 is 19.7 Å². The number of likely N-dealkylation sites (N-methyl/N-ethyl adjacent to an activating group) is 1. The van der Waals surface area contributed by atoms with Gasteiger partial charge in [-0.1, -0.05) is 26.8 Å². The number of fused-ring (bicyclic) bond motifs is 1. The highest BCUT2D eigenvalue weighted by atomic mass is 16.5. The van der Waals surface area contributed by atoms with Crippen molar-refractivity contribution in [1.82, 2.24) is 5.32 Å². The maximum atomic E-state index is 13.3. The van der Waals surface area contributed by atoms with Gasteiger partial charge in [0.1, 0.15) is 0 Å². The smallest absolute Gasteiger partial charge is 0.235 e. The summed E-state index contributed by atoms with van der Waals surface area (Å²) in [6.45, 7) is 7.78. The normalized spacial score (nSPS) is 19.5. The van der Waals surface area contributed by atoms with Gasteiger partial charge in [-0.3, -0.25) is 4.79 Å². The van der Waals surface area contributed by atoms with E-state index in [1.54, 1.807) is 12.1 Å². The first kappa shape index (κ1) is 24.4. The highest BCUT2D eigenvalue weighted by Crippen LogP contribution is 2.50. The molecule has 1 amide bonds. The molecular formula is C27H37N3O4. The molecule has 1 aliphatic heterocycles. The fourth-order valence-corrected chi connectivity index (χ4v) is 5.13. The Morgan fingerprint density at radius 2 is 1.97 bits per heavy atom. The summed E-state index contributed by atoms with van der Waals surface area (Å²) in [7, 11) is 3.35. The summed E-state index contributed by atoms with van der Waals surface area (Å²) in [5.74, 6) is 0.394. The van der Waals surface area contributed by atoms with E-state index in [2.05, 4.69) is 48.4 Å². The SMILES string of the molecule is CNCC(O)CN1c2ccc(NC(=O)C3(c4ccc(OC)c(O)c4)CC3)cc2CC1C(C)(C)C. The van der Waals surface area contributed by atoms with Crippen LogP contribution in [0, 0.1) is 5.41 Å². The van der Waals surface area contributed by atoms with Gasteiger partial charge in [-0.15, -0.1) is 0 Å². The molecule has 1 fully saturated rings. The number of carbonyl (C=O) groups is 1. The van der Waals surface area contributed by atoms with Crippen molar-refractivity contribution in [1.29, 1.82) is 0 Å². The van der Waals surface area contributed by atoms with Gasteiger partial charge in [0.05, 0.1) is 18.6 Å². The Bertz CT molecular complexity index is 1060. The van der Waals surface area contributed by atoms with Crippen molar-refractivity contribution >= 4 is 17.3 Å². The fourth-order valence-electron chi connectivity index (χ4n) is 5.13. The lowest BCUT2D eigenvalue weighted by molar-refractivity contribution is -0.118. The van der Waals surface area contributed by atoms with Crippen molar-refractivity contribution in [2.75, 3.05) is 37.5 Å². The lowest BCUT2D eigenvalue weighted by atomic mass is 9.84. The number of carbonyl (C=O) groups excluding carboxylic acids is 1. The molecule has 2 unspecified atom stereocenters. The molecule has 1 aliphatic carbocycles. The molecule has 34 heavy (non-hydrogen) atoms. The summed E-state index contributed by atoms with van der Waals surface area (Å²) in [6, 6.07) is 11.5. The number of rotatable bonds is 8. The number of hydrogen-bond acceptors (Lipinski definition) is 6. The number of benzene rings is 2. The van der Waals surface area contributed by atoms with Gasteiger partial charge in [0.15, 0.2) is 11.5 Å². The third-order valence-corrected chi connectivity index (χ3v) is 7.20. The Morgan fingerprint density at radius 3 is 2.56 bits per heavy atom. The molecule has 2 aromatic carbocycles. The van der Waals surface area contributed by atoms with Crippen LogP contribution in [-0.4, -0.2) is 55.5 Å². The Balaban J connectivity index is 1.54. The third-order valence-electron chi connectivity index (χ3n) is 7.20. The zero-order valence-corrected chi connectivity index (χ0v) is 20.8. The van der Waals surface area contributed by atoms with Crippen molar-refractivity contribution in [2.24, 2.45) is 5.41 Å². The van der Waals surface area contributed by atoms with E-state index in [4.69, 9.17) is 4.74 Å². The van der Waals surface area contributed by atoms with Crippen LogP contribution in [0.5, 0.6) is 11.5 Å². The third kappa shape index (κ3) is 4.59. The molecule has 184 valence electrons. The number of aliphatic hydroxyl groups excluding tert-OH is 1. The molecule has 0 spiro atoms. The molecular weight excluding hydrogens is 430 g/mol. The molecule has 1 saturated carbocycles. The number of anilines is 2. The average molecular weight is 468 g/mol. The fraction of sp³-hybridized carbons (Fsp3) is 0.519. The maximum Gasteiger partial charge on any atom is 0.235 e. The second-order valence-electron chi connectivity index (χ2n) is 10.7. The van der Waals surface area contributed by atoms with Crippen LogP contribution in [0.1, 0.15) is 44.7 Å². The average Bonchev–Trinajstić information content (AvgIpc) is 3.51. The van der Waals surface area contributed by atoms with Crippen molar-refractivity contribution in [3.8, 4) is 11.5 Å². The number of phenolic OH excluding ortho intramolecular Hbond substituents is 1. The monoisotopic (exact) mass is 467 g/mol. The lowest BCUT2D eigenvalue weighted by Gasteiger charge is -2.38. The van der Waals surface area contributed by atoms with E-state index >= 15 is 0 Å². The number of nitrogens with zero attached hydrogens (tertiary/aromatic N) is 1. The van der Waals surface area contributed by atoms with E-state index in [-0.39, 0.29) is 23.1 Å². The zero-order valence-electron chi connectivity index (χ0n) is 20.8. The molecule has 2 aliphatic rings. The van der Waals surface area contributed by atoms with Crippen LogP contribution in [0.25, 0.3) is 0 Å². The van der Waals surface area contributed by atoms with Crippen molar-refractivity contribution in [3.05, 3.63) is 47.5 Å². The number of nitrogens with one attached hydrogen (secondary N) is 2. The number of β-amino-alcohol motifs (C(OH)–C–C–N with tert-alkyl or cyclic N) is 1. The number of hydrogen-bond donors (Lipinski definition) is 4. The van der Waals surface area contributed by atoms with E-state index < -0.39 is 11.5 Å². The van der Waals surface area contributed by atoms with E-state index in [1.165, 1.54) is 12.7 Å². The van der Waals surface area contributed by atoms with Gasteiger partial charge < -0.3 is 30.5 Å². The minimum atomic E-state index is -0.611. The lowest BCUT2D eigenvalue weighted by Crippen LogP contribution is -2.47. The van der Waals surface area contributed by atoms with Gasteiger partial charge in [-0.2, -0.15) is 0 Å². The van der Waals surface area contributed by atoms with Gasteiger partial charge in [-0.25, -0.2) is 0 Å². The molecule has 1 heterocycles. The Hall–Kier alpha value is -2.77. The quantitative estimate of drug-likeness (QED) is 0.475. The van der Waals surface area contributed by atoms with Gasteiger partial charge >= 0.3 is 0 Å². The number of phenols is 1. The second kappa shape index (κ2) is 9.12. The summed E-state index contributed by atoms with van der Waals surface area (Å²) >= 11 is 0. The number of ether oxygens (including phenoxy) is 1. The molecule has 2 atom stereocenters. The van der Waals surface area contributed by atoms with Gasteiger partial charge in [0.2, 0.25) is 5.91 Å². The minimum absolute atomic E-state index is 0.0379. The van der Waals surface area contributed by atoms with Crippen molar-refractivity contribution in [2.45, 2.75) is 57.6 Å². The van der Waals surface area contributed by atoms with Crippen LogP contribution in [0.2, 0.25) is 0 Å². The summed E-state index contributed by atoms with van der Waals surface area (Å²) < 4.78 is 5.14. The first-order valence-electron chi connectivity index (χ1n) is 12.0. The van der Waals surface area contributed by atoms with Gasteiger partial charge in [0.25, 0.3) is 0 Å². The molecule has 7 nitrogen and oxygen atoms in total. The Labute approximate surface area is 202 Å². The van der Waals surface area contributed by atoms with Crippen molar-refractivity contribution in [3.63, 3.8) is 0 Å². The standard InChI is InChI=1S/C27H37N3O4/c1-26(2,3)24-13-17-12-19(7-8-21(17)30(24)16-20(31)15-28-4)29-25(33)27(10-11-27)18-6-9-23(34-5)22(32)14-18/h6-9,12,14,20,24,28,31-32H,10-11,13,15-16H2,1-5H3,(H,29,33). The highest BCUT2D eigenvalue weighted by molar-refractivity contribution is 6.01.